The number of piperidine rings is 1. The first kappa shape index (κ1) is 27.1. The van der Waals surface area contributed by atoms with Crippen LogP contribution in [-0.4, -0.2) is 29.8 Å². The van der Waals surface area contributed by atoms with Crippen LogP contribution < -0.4 is 5.32 Å². The van der Waals surface area contributed by atoms with Crippen molar-refractivity contribution in [3.8, 4) is 0 Å². The number of halogens is 1. The maximum absolute atomic E-state index is 14.0. The van der Waals surface area contributed by atoms with E-state index < -0.39 is 0 Å². The SMILES string of the molecule is CC(C)(C)C1CCc2c(sc(NC(=O)c3cccc(Br)c3)c2C(=O)N2CCC(Cc3ccccc3)CC2)C1. The quantitative estimate of drug-likeness (QED) is 0.326. The van der Waals surface area contributed by atoms with Crippen LogP contribution in [0.15, 0.2) is 59.1 Å². The molecule has 1 atom stereocenters. The lowest BCUT2D eigenvalue weighted by atomic mass is 9.72. The summed E-state index contributed by atoms with van der Waals surface area (Å²) >= 11 is 5.08. The van der Waals surface area contributed by atoms with Crippen LogP contribution in [0.4, 0.5) is 5.00 Å². The van der Waals surface area contributed by atoms with Crippen molar-refractivity contribution in [1.82, 2.24) is 4.90 Å². The van der Waals surface area contributed by atoms with Crippen molar-refractivity contribution in [2.24, 2.45) is 17.3 Å². The highest BCUT2D eigenvalue weighted by molar-refractivity contribution is 9.10. The van der Waals surface area contributed by atoms with Crippen LogP contribution in [0.5, 0.6) is 0 Å². The first-order chi connectivity index (χ1) is 18.2. The molecule has 1 saturated heterocycles. The fraction of sp³-hybridized carbons (Fsp3) is 0.438. The van der Waals surface area contributed by atoms with Gasteiger partial charge >= 0.3 is 0 Å². The van der Waals surface area contributed by atoms with E-state index in [1.165, 1.54) is 10.4 Å². The molecule has 3 aromatic rings. The van der Waals surface area contributed by atoms with E-state index in [9.17, 15) is 9.59 Å². The summed E-state index contributed by atoms with van der Waals surface area (Å²) < 4.78 is 0.860. The molecule has 0 saturated carbocycles. The number of benzene rings is 2. The number of hydrogen-bond donors (Lipinski definition) is 1. The highest BCUT2D eigenvalue weighted by Crippen LogP contribution is 2.45. The van der Waals surface area contributed by atoms with E-state index in [1.54, 1.807) is 11.3 Å². The van der Waals surface area contributed by atoms with Gasteiger partial charge in [0.2, 0.25) is 0 Å². The fourth-order valence-electron chi connectivity index (χ4n) is 5.89. The minimum absolute atomic E-state index is 0.0828. The predicted octanol–water partition coefficient (Wildman–Crippen LogP) is 8.01. The number of thiophene rings is 1. The third-order valence-electron chi connectivity index (χ3n) is 8.29. The molecule has 2 amide bonds. The first-order valence-corrected chi connectivity index (χ1v) is 15.3. The minimum Gasteiger partial charge on any atom is -0.339 e. The molecule has 1 aromatic heterocycles. The number of nitrogens with one attached hydrogen (secondary N) is 1. The molecule has 0 spiro atoms. The molecule has 1 unspecified atom stereocenters. The minimum atomic E-state index is -0.173. The zero-order chi connectivity index (χ0) is 26.9. The van der Waals surface area contributed by atoms with Gasteiger partial charge in [-0.3, -0.25) is 9.59 Å². The Kier molecular flexibility index (Phi) is 8.11. The Bertz CT molecular complexity index is 1300. The summed E-state index contributed by atoms with van der Waals surface area (Å²) in [6.45, 7) is 8.45. The molecule has 38 heavy (non-hydrogen) atoms. The van der Waals surface area contributed by atoms with E-state index in [1.807, 2.05) is 29.2 Å². The Morgan fingerprint density at radius 1 is 1.03 bits per heavy atom. The van der Waals surface area contributed by atoms with Gasteiger partial charge in [0.15, 0.2) is 0 Å². The van der Waals surface area contributed by atoms with Crippen LogP contribution in [0.3, 0.4) is 0 Å². The van der Waals surface area contributed by atoms with E-state index >= 15 is 0 Å². The number of carbonyl (C=O) groups excluding carboxylic acids is 2. The van der Waals surface area contributed by atoms with Gasteiger partial charge in [-0.15, -0.1) is 11.3 Å². The van der Waals surface area contributed by atoms with E-state index in [0.29, 0.717) is 22.4 Å². The van der Waals surface area contributed by atoms with Crippen LogP contribution in [0.1, 0.15) is 76.8 Å². The second-order valence-corrected chi connectivity index (χ2v) is 13.9. The number of fused-ring (bicyclic) bond motifs is 1. The Morgan fingerprint density at radius 2 is 1.76 bits per heavy atom. The Labute approximate surface area is 239 Å². The summed E-state index contributed by atoms with van der Waals surface area (Å²) in [6, 6.07) is 18.0. The first-order valence-electron chi connectivity index (χ1n) is 13.7. The summed E-state index contributed by atoms with van der Waals surface area (Å²) in [6.07, 6.45) is 6.03. The summed E-state index contributed by atoms with van der Waals surface area (Å²) in [4.78, 5) is 30.6. The summed E-state index contributed by atoms with van der Waals surface area (Å²) in [5.74, 6) is 1.08. The number of likely N-dealkylation sites (tertiary alicyclic amines) is 1. The predicted molar refractivity (Wildman–Crippen MR) is 160 cm³/mol. The van der Waals surface area contributed by atoms with Gasteiger partial charge in [-0.2, -0.15) is 0 Å². The lowest BCUT2D eigenvalue weighted by molar-refractivity contribution is 0.0690. The monoisotopic (exact) mass is 592 g/mol. The van der Waals surface area contributed by atoms with Crippen molar-refractivity contribution >= 4 is 44.1 Å². The molecule has 4 nitrogen and oxygen atoms in total. The van der Waals surface area contributed by atoms with Crippen LogP contribution in [0, 0.1) is 17.3 Å². The van der Waals surface area contributed by atoms with Crippen LogP contribution >= 0.6 is 27.3 Å². The second-order valence-electron chi connectivity index (χ2n) is 11.9. The van der Waals surface area contributed by atoms with Crippen molar-refractivity contribution < 1.29 is 9.59 Å². The highest BCUT2D eigenvalue weighted by atomic mass is 79.9. The van der Waals surface area contributed by atoms with Crippen molar-refractivity contribution in [2.75, 3.05) is 18.4 Å². The molecule has 6 heteroatoms. The average Bonchev–Trinajstić information content (AvgIpc) is 3.26. The molecule has 0 radical (unpaired) electrons. The van der Waals surface area contributed by atoms with Gasteiger partial charge in [0.1, 0.15) is 5.00 Å². The van der Waals surface area contributed by atoms with E-state index in [-0.39, 0.29) is 17.2 Å². The Morgan fingerprint density at radius 3 is 2.45 bits per heavy atom. The fourth-order valence-corrected chi connectivity index (χ4v) is 7.60. The van der Waals surface area contributed by atoms with E-state index in [0.717, 1.165) is 67.2 Å². The lowest BCUT2D eigenvalue weighted by Crippen LogP contribution is -2.39. The van der Waals surface area contributed by atoms with Gasteiger partial charge in [0, 0.05) is 28.0 Å². The molecule has 2 heterocycles. The molecule has 200 valence electrons. The largest absolute Gasteiger partial charge is 0.339 e. The topological polar surface area (TPSA) is 49.4 Å². The molecule has 1 N–H and O–H groups in total. The van der Waals surface area contributed by atoms with E-state index in [2.05, 4.69) is 72.3 Å². The van der Waals surface area contributed by atoms with Crippen molar-refractivity contribution in [3.05, 3.63) is 86.2 Å². The lowest BCUT2D eigenvalue weighted by Gasteiger charge is -2.35. The van der Waals surface area contributed by atoms with Gasteiger partial charge in [0.05, 0.1) is 5.56 Å². The number of nitrogens with zero attached hydrogens (tertiary/aromatic N) is 1. The zero-order valence-electron chi connectivity index (χ0n) is 22.6. The Hall–Kier alpha value is -2.44. The number of hydrogen-bond acceptors (Lipinski definition) is 3. The van der Waals surface area contributed by atoms with Gasteiger partial charge in [-0.1, -0.05) is 73.1 Å². The molecule has 1 aliphatic carbocycles. The number of carbonyl (C=O) groups is 2. The van der Waals surface area contributed by atoms with Gasteiger partial charge < -0.3 is 10.2 Å². The van der Waals surface area contributed by atoms with Crippen molar-refractivity contribution in [1.29, 1.82) is 0 Å². The molecular formula is C32H37BrN2O2S. The van der Waals surface area contributed by atoms with Crippen LogP contribution in [-0.2, 0) is 19.3 Å². The second kappa shape index (κ2) is 11.4. The summed E-state index contributed by atoms with van der Waals surface area (Å²) in [5, 5.41) is 3.85. The molecule has 0 bridgehead atoms. The van der Waals surface area contributed by atoms with Crippen molar-refractivity contribution in [3.63, 3.8) is 0 Å². The highest BCUT2D eigenvalue weighted by Gasteiger charge is 2.36. The van der Waals surface area contributed by atoms with Crippen LogP contribution in [0.25, 0.3) is 0 Å². The maximum Gasteiger partial charge on any atom is 0.257 e. The molecule has 5 rings (SSSR count). The molecule has 2 aliphatic rings. The molecule has 1 aliphatic heterocycles. The third-order valence-corrected chi connectivity index (χ3v) is 9.95. The molecular weight excluding hydrogens is 556 g/mol. The van der Waals surface area contributed by atoms with Gasteiger partial charge in [0.25, 0.3) is 11.8 Å². The summed E-state index contributed by atoms with van der Waals surface area (Å²) in [5.41, 5.74) is 4.07. The van der Waals surface area contributed by atoms with Gasteiger partial charge in [-0.05, 0) is 85.1 Å². The summed E-state index contributed by atoms with van der Waals surface area (Å²) in [7, 11) is 0. The number of amides is 2. The van der Waals surface area contributed by atoms with Crippen molar-refractivity contribution in [2.45, 2.75) is 59.3 Å². The van der Waals surface area contributed by atoms with Crippen LogP contribution in [0.2, 0.25) is 0 Å². The number of anilines is 1. The van der Waals surface area contributed by atoms with Gasteiger partial charge in [-0.25, -0.2) is 0 Å². The average molecular weight is 594 g/mol. The zero-order valence-corrected chi connectivity index (χ0v) is 25.0. The third kappa shape index (κ3) is 6.07. The maximum atomic E-state index is 14.0. The Balaban J connectivity index is 1.37. The standard InChI is InChI=1S/C32H37BrN2O2S/c1-32(2,3)24-12-13-26-27(20-24)38-30(34-29(36)23-10-7-11-25(33)19-23)28(26)31(37)35-16-14-22(15-17-35)18-21-8-5-4-6-9-21/h4-11,19,22,24H,12-18,20H2,1-3H3,(H,34,36). The normalized spacial score (nSPS) is 18.2. The van der Waals surface area contributed by atoms with E-state index in [4.69, 9.17) is 0 Å². The molecule has 1 fully saturated rings. The molecule has 2 aromatic carbocycles. The smallest absolute Gasteiger partial charge is 0.257 e. The number of rotatable bonds is 5.